The third-order valence-electron chi connectivity index (χ3n) is 3.54. The van der Waals surface area contributed by atoms with Crippen LogP contribution in [0.25, 0.3) is 11.0 Å². The molecule has 2 heterocycles. The third-order valence-corrected chi connectivity index (χ3v) is 3.54. The Morgan fingerprint density at radius 3 is 2.89 bits per heavy atom. The van der Waals surface area contributed by atoms with Crippen LogP contribution < -0.4 is 0 Å². The molecule has 4 nitrogen and oxygen atoms in total. The molecule has 0 aromatic carbocycles. The van der Waals surface area contributed by atoms with E-state index in [4.69, 9.17) is 4.74 Å². The van der Waals surface area contributed by atoms with Crippen LogP contribution >= 0.6 is 0 Å². The van der Waals surface area contributed by atoms with Crippen LogP contribution in [0.4, 0.5) is 0 Å². The number of aryl methyl sites for hydroxylation is 2. The fourth-order valence-corrected chi connectivity index (χ4v) is 2.66. The summed E-state index contributed by atoms with van der Waals surface area (Å²) < 4.78 is 4.73. The first kappa shape index (κ1) is 11.1. The van der Waals surface area contributed by atoms with Gasteiger partial charge in [-0.2, -0.15) is 0 Å². The maximum Gasteiger partial charge on any atom is 0.339 e. The highest BCUT2D eigenvalue weighted by Crippen LogP contribution is 2.30. The van der Waals surface area contributed by atoms with Crippen LogP contribution in [-0.2, 0) is 17.6 Å². The van der Waals surface area contributed by atoms with E-state index in [1.54, 1.807) is 0 Å². The Hall–Kier alpha value is -1.97. The van der Waals surface area contributed by atoms with Crippen LogP contribution in [0.15, 0.2) is 12.3 Å². The zero-order valence-corrected chi connectivity index (χ0v) is 10.5. The smallest absolute Gasteiger partial charge is 0.339 e. The Bertz CT molecular complexity index is 650. The van der Waals surface area contributed by atoms with Crippen molar-refractivity contribution in [2.75, 3.05) is 7.11 Å². The lowest BCUT2D eigenvalue weighted by atomic mass is 10.0. The van der Waals surface area contributed by atoms with Crippen molar-refractivity contribution in [2.45, 2.75) is 26.2 Å². The number of pyridine rings is 2. The second kappa shape index (κ2) is 4.05. The maximum atomic E-state index is 11.5. The van der Waals surface area contributed by atoms with Crippen molar-refractivity contribution in [1.82, 2.24) is 9.97 Å². The zero-order chi connectivity index (χ0) is 12.7. The topological polar surface area (TPSA) is 52.1 Å². The average Bonchev–Trinajstić information content (AvgIpc) is 2.88. The predicted molar refractivity (Wildman–Crippen MR) is 67.6 cm³/mol. The number of rotatable bonds is 1. The van der Waals surface area contributed by atoms with Gasteiger partial charge in [0.15, 0.2) is 5.65 Å². The first-order valence-corrected chi connectivity index (χ1v) is 6.07. The van der Waals surface area contributed by atoms with E-state index in [2.05, 4.69) is 9.97 Å². The predicted octanol–water partition coefficient (Wildman–Crippen LogP) is 2.21. The molecule has 0 aliphatic heterocycles. The lowest BCUT2D eigenvalue weighted by Crippen LogP contribution is -2.04. The van der Waals surface area contributed by atoms with E-state index < -0.39 is 0 Å². The number of nitrogens with zero attached hydrogens (tertiary/aromatic N) is 2. The van der Waals surface area contributed by atoms with Crippen LogP contribution in [-0.4, -0.2) is 23.0 Å². The molecular weight excluding hydrogens is 228 g/mol. The highest BCUT2D eigenvalue weighted by atomic mass is 16.5. The van der Waals surface area contributed by atoms with Gasteiger partial charge in [0.25, 0.3) is 0 Å². The number of methoxy groups -OCH3 is 1. The molecule has 0 amide bonds. The fraction of sp³-hybridized carbons (Fsp3) is 0.357. The molecule has 0 atom stereocenters. The number of esters is 1. The standard InChI is InChI=1S/C14H14N2O2/c1-8-10-4-3-5-11(10)12-6-9(14(17)18-2)7-15-13(12)16-8/h6-7H,3-5H2,1-2H3. The summed E-state index contributed by atoms with van der Waals surface area (Å²) in [5, 5.41) is 0.996. The largest absolute Gasteiger partial charge is 0.465 e. The van der Waals surface area contributed by atoms with E-state index in [9.17, 15) is 4.79 Å². The molecular formula is C14H14N2O2. The van der Waals surface area contributed by atoms with Crippen LogP contribution in [0.5, 0.6) is 0 Å². The molecule has 0 radical (unpaired) electrons. The first-order valence-electron chi connectivity index (χ1n) is 6.07. The molecule has 0 fully saturated rings. The molecule has 2 aromatic heterocycles. The second-order valence-corrected chi connectivity index (χ2v) is 4.59. The van der Waals surface area contributed by atoms with Crippen LogP contribution in [0.2, 0.25) is 0 Å². The minimum Gasteiger partial charge on any atom is -0.465 e. The highest BCUT2D eigenvalue weighted by Gasteiger charge is 2.19. The number of carbonyl (C=O) groups is 1. The monoisotopic (exact) mass is 242 g/mol. The summed E-state index contributed by atoms with van der Waals surface area (Å²) in [6, 6.07) is 1.85. The lowest BCUT2D eigenvalue weighted by molar-refractivity contribution is 0.0600. The molecule has 18 heavy (non-hydrogen) atoms. The van der Waals surface area contributed by atoms with E-state index >= 15 is 0 Å². The Labute approximate surface area is 105 Å². The van der Waals surface area contributed by atoms with Crippen molar-refractivity contribution in [1.29, 1.82) is 0 Å². The van der Waals surface area contributed by atoms with Gasteiger partial charge >= 0.3 is 5.97 Å². The van der Waals surface area contributed by atoms with Gasteiger partial charge in [-0.25, -0.2) is 14.8 Å². The fourth-order valence-electron chi connectivity index (χ4n) is 2.66. The minimum absolute atomic E-state index is 0.350. The quantitative estimate of drug-likeness (QED) is 0.719. The van der Waals surface area contributed by atoms with Crippen LogP contribution in [0.3, 0.4) is 0 Å². The van der Waals surface area contributed by atoms with Crippen molar-refractivity contribution in [3.05, 3.63) is 34.6 Å². The average molecular weight is 242 g/mol. The Morgan fingerprint density at radius 1 is 1.33 bits per heavy atom. The summed E-state index contributed by atoms with van der Waals surface area (Å²) in [5.41, 5.74) is 4.90. The van der Waals surface area contributed by atoms with Gasteiger partial charge in [0.05, 0.1) is 12.7 Å². The van der Waals surface area contributed by atoms with E-state index in [1.165, 1.54) is 24.4 Å². The number of fused-ring (bicyclic) bond motifs is 3. The number of ether oxygens (including phenoxy) is 1. The molecule has 1 aliphatic carbocycles. The van der Waals surface area contributed by atoms with Crippen molar-refractivity contribution < 1.29 is 9.53 Å². The van der Waals surface area contributed by atoms with E-state index in [1.807, 2.05) is 13.0 Å². The van der Waals surface area contributed by atoms with Gasteiger partial charge in [-0.15, -0.1) is 0 Å². The van der Waals surface area contributed by atoms with Gasteiger partial charge in [0.1, 0.15) is 0 Å². The molecule has 92 valence electrons. The first-order chi connectivity index (χ1) is 8.70. The van der Waals surface area contributed by atoms with Gasteiger partial charge < -0.3 is 4.74 Å². The molecule has 2 aromatic rings. The molecule has 0 N–H and O–H groups in total. The zero-order valence-electron chi connectivity index (χ0n) is 10.5. The van der Waals surface area contributed by atoms with Crippen LogP contribution in [0.1, 0.15) is 33.6 Å². The molecule has 0 saturated carbocycles. The van der Waals surface area contributed by atoms with Crippen molar-refractivity contribution in [3.8, 4) is 0 Å². The van der Waals surface area contributed by atoms with Crippen molar-refractivity contribution in [2.24, 2.45) is 0 Å². The maximum absolute atomic E-state index is 11.5. The molecule has 0 spiro atoms. The summed E-state index contributed by atoms with van der Waals surface area (Å²) >= 11 is 0. The van der Waals surface area contributed by atoms with E-state index in [0.29, 0.717) is 5.56 Å². The second-order valence-electron chi connectivity index (χ2n) is 4.59. The summed E-state index contributed by atoms with van der Waals surface area (Å²) in [6.07, 6.45) is 4.80. The Kier molecular flexibility index (Phi) is 2.51. The molecule has 3 rings (SSSR count). The van der Waals surface area contributed by atoms with Crippen molar-refractivity contribution >= 4 is 17.0 Å². The minimum atomic E-state index is -0.350. The number of aromatic nitrogens is 2. The van der Waals surface area contributed by atoms with Crippen molar-refractivity contribution in [3.63, 3.8) is 0 Å². The molecule has 4 heteroatoms. The summed E-state index contributed by atoms with van der Waals surface area (Å²) in [6.45, 7) is 2.03. The van der Waals surface area contributed by atoms with Gasteiger partial charge in [-0.1, -0.05) is 0 Å². The van der Waals surface area contributed by atoms with Crippen LogP contribution in [0, 0.1) is 6.92 Å². The van der Waals surface area contributed by atoms with Gasteiger partial charge in [0.2, 0.25) is 0 Å². The third kappa shape index (κ3) is 1.56. The van der Waals surface area contributed by atoms with E-state index in [-0.39, 0.29) is 5.97 Å². The number of carbonyl (C=O) groups excluding carboxylic acids is 1. The van der Waals surface area contributed by atoms with Gasteiger partial charge in [-0.3, -0.25) is 0 Å². The molecule has 0 saturated heterocycles. The molecule has 0 bridgehead atoms. The summed E-state index contributed by atoms with van der Waals surface area (Å²) in [7, 11) is 1.38. The van der Waals surface area contributed by atoms with Gasteiger partial charge in [-0.05, 0) is 43.4 Å². The lowest BCUT2D eigenvalue weighted by Gasteiger charge is -2.08. The Morgan fingerprint density at radius 2 is 2.11 bits per heavy atom. The molecule has 1 aliphatic rings. The normalized spacial score (nSPS) is 13.7. The highest BCUT2D eigenvalue weighted by molar-refractivity contribution is 5.94. The number of hydrogen-bond donors (Lipinski definition) is 0. The van der Waals surface area contributed by atoms with Gasteiger partial charge in [0, 0.05) is 17.3 Å². The Balaban J connectivity index is 2.27. The van der Waals surface area contributed by atoms with E-state index in [0.717, 1.165) is 36.0 Å². The number of hydrogen-bond acceptors (Lipinski definition) is 4. The molecule has 0 unspecified atom stereocenters. The SMILES string of the molecule is COC(=O)c1cnc2nc(C)c3c(c2c1)CCC3. The summed E-state index contributed by atoms with van der Waals surface area (Å²) in [4.78, 5) is 20.3. The summed E-state index contributed by atoms with van der Waals surface area (Å²) in [5.74, 6) is -0.350.